The minimum atomic E-state index is -1.87. The van der Waals surface area contributed by atoms with E-state index in [0.29, 0.717) is 4.47 Å². The zero-order chi connectivity index (χ0) is 13.2. The van der Waals surface area contributed by atoms with Crippen LogP contribution in [0.2, 0.25) is 0 Å². The lowest BCUT2D eigenvalue weighted by molar-refractivity contribution is -0.131. The van der Waals surface area contributed by atoms with Gasteiger partial charge in [0.1, 0.15) is 11.5 Å². The van der Waals surface area contributed by atoms with Gasteiger partial charge in [-0.15, -0.1) is 0 Å². The van der Waals surface area contributed by atoms with Crippen LogP contribution in [-0.2, 0) is 4.79 Å². The molecule has 0 aliphatic heterocycles. The topological polar surface area (TPSA) is 37.3 Å². The zero-order valence-electron chi connectivity index (χ0n) is 9.30. The summed E-state index contributed by atoms with van der Waals surface area (Å²) >= 11 is 3.08. The minimum Gasteiger partial charge on any atom is -0.478 e. The first-order valence-corrected chi connectivity index (χ1v) is 5.60. The molecule has 0 aromatic heterocycles. The van der Waals surface area contributed by atoms with Gasteiger partial charge in [0.2, 0.25) is 0 Å². The molecule has 0 heterocycles. The predicted molar refractivity (Wildman–Crippen MR) is 64.9 cm³/mol. The van der Waals surface area contributed by atoms with Crippen LogP contribution in [-0.4, -0.2) is 16.7 Å². The molecule has 0 radical (unpaired) electrons. The molecule has 0 atom stereocenters. The average Bonchev–Trinajstić information content (AvgIpc) is 2.10. The van der Waals surface area contributed by atoms with Crippen molar-refractivity contribution >= 4 is 27.5 Å². The first kappa shape index (κ1) is 13.8. The molecule has 17 heavy (non-hydrogen) atoms. The summed E-state index contributed by atoms with van der Waals surface area (Å²) in [6.45, 7) is 2.45. The zero-order valence-corrected chi connectivity index (χ0v) is 10.9. The number of halogens is 3. The van der Waals surface area contributed by atoms with Gasteiger partial charge >= 0.3 is 5.97 Å². The highest BCUT2D eigenvalue weighted by Crippen LogP contribution is 2.32. The lowest BCUT2D eigenvalue weighted by Gasteiger charge is -2.19. The molecule has 0 fully saturated rings. The van der Waals surface area contributed by atoms with Crippen molar-refractivity contribution in [2.45, 2.75) is 19.5 Å². The summed E-state index contributed by atoms with van der Waals surface area (Å²) in [5.41, 5.74) is -1.75. The predicted octanol–water partition coefficient (Wildman–Crippen LogP) is 3.80. The van der Waals surface area contributed by atoms with Crippen molar-refractivity contribution in [3.05, 3.63) is 40.1 Å². The fourth-order valence-electron chi connectivity index (χ4n) is 1.43. The fourth-order valence-corrected chi connectivity index (χ4v) is 1.90. The molecule has 0 bridgehead atoms. The average molecular weight is 305 g/mol. The Bertz CT molecular complexity index is 456. The lowest BCUT2D eigenvalue weighted by Crippen LogP contribution is -2.16. The third-order valence-electron chi connectivity index (χ3n) is 2.08. The van der Waals surface area contributed by atoms with E-state index in [0.717, 1.165) is 12.1 Å². The Balaban J connectivity index is 3.38. The van der Waals surface area contributed by atoms with Crippen LogP contribution in [0.25, 0.3) is 5.57 Å². The van der Waals surface area contributed by atoms with E-state index in [4.69, 9.17) is 5.11 Å². The molecule has 1 aromatic rings. The van der Waals surface area contributed by atoms with Crippen LogP contribution in [0, 0.1) is 5.82 Å². The summed E-state index contributed by atoms with van der Waals surface area (Å²) in [5, 5.41) is 8.70. The van der Waals surface area contributed by atoms with Crippen molar-refractivity contribution < 1.29 is 18.7 Å². The Morgan fingerprint density at radius 2 is 2.00 bits per heavy atom. The van der Waals surface area contributed by atoms with Gasteiger partial charge in [0.15, 0.2) is 0 Å². The second-order valence-corrected chi connectivity index (χ2v) is 4.94. The van der Waals surface area contributed by atoms with Crippen molar-refractivity contribution in [1.29, 1.82) is 0 Å². The maximum absolute atomic E-state index is 13.9. The van der Waals surface area contributed by atoms with Crippen molar-refractivity contribution in [2.75, 3.05) is 0 Å². The first-order chi connectivity index (χ1) is 7.70. The number of carbonyl (C=O) groups is 1. The number of rotatable bonds is 3. The van der Waals surface area contributed by atoms with E-state index >= 15 is 0 Å². The van der Waals surface area contributed by atoms with Gasteiger partial charge < -0.3 is 5.11 Å². The standard InChI is InChI=1S/C12H11BrF2O2/c1-12(2,15)10(6-11(16)17)7-3-8(13)5-9(14)4-7/h3-6H,1-2H3,(H,16,17). The van der Waals surface area contributed by atoms with Crippen LogP contribution in [0.15, 0.2) is 28.7 Å². The molecule has 0 saturated carbocycles. The van der Waals surface area contributed by atoms with Crippen molar-refractivity contribution in [3.63, 3.8) is 0 Å². The normalized spacial score (nSPS) is 12.6. The maximum Gasteiger partial charge on any atom is 0.328 e. The third kappa shape index (κ3) is 3.93. The molecular formula is C12H11BrF2O2. The summed E-state index contributed by atoms with van der Waals surface area (Å²) in [4.78, 5) is 10.7. The van der Waals surface area contributed by atoms with Gasteiger partial charge in [0, 0.05) is 16.1 Å². The molecule has 1 rings (SSSR count). The van der Waals surface area contributed by atoms with E-state index < -0.39 is 17.5 Å². The fraction of sp³-hybridized carbons (Fsp3) is 0.250. The molecule has 0 saturated heterocycles. The van der Waals surface area contributed by atoms with Gasteiger partial charge in [0.05, 0.1) is 0 Å². The highest BCUT2D eigenvalue weighted by molar-refractivity contribution is 9.10. The summed E-state index contributed by atoms with van der Waals surface area (Å²) in [6.07, 6.45) is 0.751. The molecule has 2 nitrogen and oxygen atoms in total. The molecule has 92 valence electrons. The van der Waals surface area contributed by atoms with Crippen LogP contribution in [0.4, 0.5) is 8.78 Å². The molecule has 0 spiro atoms. The number of aliphatic carboxylic acids is 1. The molecule has 1 aromatic carbocycles. The van der Waals surface area contributed by atoms with Crippen LogP contribution in [0.5, 0.6) is 0 Å². The Morgan fingerprint density at radius 1 is 1.41 bits per heavy atom. The lowest BCUT2D eigenvalue weighted by atomic mass is 9.92. The van der Waals surface area contributed by atoms with Gasteiger partial charge in [-0.1, -0.05) is 15.9 Å². The number of benzene rings is 1. The first-order valence-electron chi connectivity index (χ1n) is 4.80. The van der Waals surface area contributed by atoms with Crippen molar-refractivity contribution in [3.8, 4) is 0 Å². The van der Waals surface area contributed by atoms with Gasteiger partial charge in [-0.25, -0.2) is 13.6 Å². The Hall–Kier alpha value is -1.23. The van der Waals surface area contributed by atoms with E-state index in [9.17, 15) is 13.6 Å². The molecule has 5 heteroatoms. The maximum atomic E-state index is 13.9. The van der Waals surface area contributed by atoms with Gasteiger partial charge in [-0.3, -0.25) is 0 Å². The number of allylic oxidation sites excluding steroid dienone is 1. The molecule has 0 amide bonds. The molecule has 0 aliphatic carbocycles. The quantitative estimate of drug-likeness (QED) is 0.862. The smallest absolute Gasteiger partial charge is 0.328 e. The number of hydrogen-bond donors (Lipinski definition) is 1. The van der Waals surface area contributed by atoms with E-state index in [1.54, 1.807) is 0 Å². The second-order valence-electron chi connectivity index (χ2n) is 4.03. The van der Waals surface area contributed by atoms with Crippen molar-refractivity contribution in [2.24, 2.45) is 0 Å². The van der Waals surface area contributed by atoms with Gasteiger partial charge in [-0.2, -0.15) is 0 Å². The molecule has 0 aliphatic rings. The number of carboxylic acids is 1. The molecular weight excluding hydrogens is 294 g/mol. The molecule has 0 unspecified atom stereocenters. The van der Waals surface area contributed by atoms with E-state index in [1.165, 1.54) is 26.0 Å². The van der Waals surface area contributed by atoms with Gasteiger partial charge in [0.25, 0.3) is 0 Å². The van der Waals surface area contributed by atoms with E-state index in [-0.39, 0.29) is 11.1 Å². The van der Waals surface area contributed by atoms with Crippen molar-refractivity contribution in [1.82, 2.24) is 0 Å². The summed E-state index contributed by atoms with van der Waals surface area (Å²) in [6, 6.07) is 3.78. The van der Waals surface area contributed by atoms with Crippen LogP contribution in [0.1, 0.15) is 19.4 Å². The largest absolute Gasteiger partial charge is 0.478 e. The third-order valence-corrected chi connectivity index (χ3v) is 2.54. The number of carboxylic acid groups (broad SMARTS) is 1. The minimum absolute atomic E-state index is 0.0785. The van der Waals surface area contributed by atoms with Crippen LogP contribution >= 0.6 is 15.9 Å². The van der Waals surface area contributed by atoms with E-state index in [2.05, 4.69) is 15.9 Å². The SMILES string of the molecule is CC(C)(F)C(=CC(=O)O)c1cc(F)cc(Br)c1. The molecule has 1 N–H and O–H groups in total. The Kier molecular flexibility index (Phi) is 4.03. The highest BCUT2D eigenvalue weighted by atomic mass is 79.9. The summed E-state index contributed by atoms with van der Waals surface area (Å²) in [5.74, 6) is -1.83. The monoisotopic (exact) mass is 304 g/mol. The summed E-state index contributed by atoms with van der Waals surface area (Å²) in [7, 11) is 0. The number of alkyl halides is 1. The van der Waals surface area contributed by atoms with Gasteiger partial charge in [-0.05, 0) is 37.6 Å². The Labute approximate surface area is 106 Å². The van der Waals surface area contributed by atoms with Crippen LogP contribution in [0.3, 0.4) is 0 Å². The number of hydrogen-bond acceptors (Lipinski definition) is 1. The van der Waals surface area contributed by atoms with E-state index in [1.807, 2.05) is 0 Å². The summed E-state index contributed by atoms with van der Waals surface area (Å²) < 4.78 is 27.5. The van der Waals surface area contributed by atoms with Crippen LogP contribution < -0.4 is 0 Å². The Morgan fingerprint density at radius 3 is 2.41 bits per heavy atom. The highest BCUT2D eigenvalue weighted by Gasteiger charge is 2.25. The second kappa shape index (κ2) is 4.96.